The minimum atomic E-state index is 0.660. The lowest BCUT2D eigenvalue weighted by molar-refractivity contribution is -0.694. The van der Waals surface area contributed by atoms with Gasteiger partial charge in [0.2, 0.25) is 0 Å². The van der Waals surface area contributed by atoms with Crippen LogP contribution in [-0.2, 0) is 6.54 Å². The van der Waals surface area contributed by atoms with Gasteiger partial charge in [-0.25, -0.2) is 4.57 Å². The molecule has 0 saturated heterocycles. The SMILES string of the molecule is NCC[n+]1ccc(/C=C/c2ccc(-c3ccccc3)cc2)cc1. The highest BCUT2D eigenvalue weighted by Crippen LogP contribution is 2.20. The highest BCUT2D eigenvalue weighted by atomic mass is 14.9. The van der Waals surface area contributed by atoms with Crippen molar-refractivity contribution in [2.75, 3.05) is 6.54 Å². The Hall–Kier alpha value is -2.71. The molecule has 2 nitrogen and oxygen atoms in total. The van der Waals surface area contributed by atoms with Gasteiger partial charge in [0.25, 0.3) is 0 Å². The fourth-order valence-corrected chi connectivity index (χ4v) is 2.49. The van der Waals surface area contributed by atoms with Gasteiger partial charge in [0.1, 0.15) is 0 Å². The summed E-state index contributed by atoms with van der Waals surface area (Å²) < 4.78 is 2.09. The number of nitrogens with zero attached hydrogens (tertiary/aromatic N) is 1. The molecule has 0 spiro atoms. The van der Waals surface area contributed by atoms with Crippen molar-refractivity contribution in [1.82, 2.24) is 0 Å². The van der Waals surface area contributed by atoms with Crippen molar-refractivity contribution >= 4 is 12.2 Å². The van der Waals surface area contributed by atoms with Crippen LogP contribution in [0.25, 0.3) is 23.3 Å². The molecule has 114 valence electrons. The Morgan fingerprint density at radius 2 is 1.26 bits per heavy atom. The first-order chi connectivity index (χ1) is 11.3. The summed E-state index contributed by atoms with van der Waals surface area (Å²) in [7, 11) is 0. The molecule has 0 aliphatic carbocycles. The molecule has 0 amide bonds. The van der Waals surface area contributed by atoms with Crippen LogP contribution in [0.4, 0.5) is 0 Å². The number of benzene rings is 2. The third-order valence-corrected chi connectivity index (χ3v) is 3.79. The average Bonchev–Trinajstić information content (AvgIpc) is 2.63. The zero-order valence-corrected chi connectivity index (χ0v) is 13.1. The molecule has 0 saturated carbocycles. The van der Waals surface area contributed by atoms with E-state index in [4.69, 9.17) is 5.73 Å². The molecule has 0 fully saturated rings. The van der Waals surface area contributed by atoms with E-state index in [1.165, 1.54) is 22.3 Å². The van der Waals surface area contributed by atoms with Crippen LogP contribution in [0.1, 0.15) is 11.1 Å². The second kappa shape index (κ2) is 7.52. The van der Waals surface area contributed by atoms with Gasteiger partial charge in [0.05, 0.1) is 6.54 Å². The first-order valence-corrected chi connectivity index (χ1v) is 7.88. The second-order valence-corrected chi connectivity index (χ2v) is 5.48. The van der Waals surface area contributed by atoms with E-state index in [1.807, 2.05) is 6.07 Å². The van der Waals surface area contributed by atoms with E-state index in [2.05, 4.69) is 89.8 Å². The number of aromatic nitrogens is 1. The predicted molar refractivity (Wildman–Crippen MR) is 96.5 cm³/mol. The topological polar surface area (TPSA) is 29.9 Å². The number of nitrogens with two attached hydrogens (primary N) is 1. The third kappa shape index (κ3) is 4.15. The number of pyridine rings is 1. The molecule has 0 unspecified atom stereocenters. The highest BCUT2D eigenvalue weighted by molar-refractivity contribution is 5.71. The van der Waals surface area contributed by atoms with Crippen molar-refractivity contribution in [3.8, 4) is 11.1 Å². The Morgan fingerprint density at radius 3 is 1.87 bits per heavy atom. The molecule has 0 aliphatic rings. The summed E-state index contributed by atoms with van der Waals surface area (Å²) in [5.41, 5.74) is 10.4. The molecule has 2 aromatic carbocycles. The molecular weight excluding hydrogens is 280 g/mol. The standard InChI is InChI=1S/C21H21N2/c22-14-17-23-15-12-19(13-16-23)7-6-18-8-10-21(11-9-18)20-4-2-1-3-5-20/h1-13,15-16H,14,17,22H2/q+1/b7-6+. The Morgan fingerprint density at radius 1 is 0.696 bits per heavy atom. The van der Waals surface area contributed by atoms with Gasteiger partial charge in [-0.05, 0) is 22.3 Å². The van der Waals surface area contributed by atoms with Crippen molar-refractivity contribution in [3.63, 3.8) is 0 Å². The number of hydrogen-bond donors (Lipinski definition) is 1. The minimum Gasteiger partial charge on any atom is -0.325 e. The summed E-state index contributed by atoms with van der Waals surface area (Å²) >= 11 is 0. The van der Waals surface area contributed by atoms with E-state index in [1.54, 1.807) is 0 Å². The van der Waals surface area contributed by atoms with E-state index >= 15 is 0 Å². The molecule has 0 aliphatic heterocycles. The van der Waals surface area contributed by atoms with Gasteiger partial charge in [0.15, 0.2) is 18.9 Å². The fourth-order valence-electron chi connectivity index (χ4n) is 2.49. The fraction of sp³-hybridized carbons (Fsp3) is 0.0952. The molecule has 23 heavy (non-hydrogen) atoms. The van der Waals surface area contributed by atoms with Gasteiger partial charge in [-0.1, -0.05) is 66.7 Å². The minimum absolute atomic E-state index is 0.660. The second-order valence-electron chi connectivity index (χ2n) is 5.48. The maximum absolute atomic E-state index is 5.55. The summed E-state index contributed by atoms with van der Waals surface area (Å²) in [6.07, 6.45) is 8.39. The van der Waals surface area contributed by atoms with Crippen molar-refractivity contribution in [2.24, 2.45) is 5.73 Å². The van der Waals surface area contributed by atoms with Crippen LogP contribution in [0.15, 0.2) is 79.1 Å². The Kier molecular flexibility index (Phi) is 4.97. The highest BCUT2D eigenvalue weighted by Gasteiger charge is 1.98. The van der Waals surface area contributed by atoms with Crippen LogP contribution in [-0.4, -0.2) is 6.54 Å². The lowest BCUT2D eigenvalue weighted by atomic mass is 10.0. The maximum atomic E-state index is 5.55. The molecule has 0 bridgehead atoms. The van der Waals surface area contributed by atoms with Crippen molar-refractivity contribution < 1.29 is 4.57 Å². The molecule has 0 radical (unpaired) electrons. The predicted octanol–water partition coefficient (Wildman–Crippen LogP) is 3.77. The van der Waals surface area contributed by atoms with Gasteiger partial charge in [-0.3, -0.25) is 0 Å². The maximum Gasteiger partial charge on any atom is 0.169 e. The van der Waals surface area contributed by atoms with Gasteiger partial charge in [-0.2, -0.15) is 0 Å². The molecule has 1 aromatic heterocycles. The lowest BCUT2D eigenvalue weighted by Gasteiger charge is -2.01. The molecule has 0 atom stereocenters. The normalized spacial score (nSPS) is 11.0. The van der Waals surface area contributed by atoms with Gasteiger partial charge >= 0.3 is 0 Å². The van der Waals surface area contributed by atoms with E-state index in [9.17, 15) is 0 Å². The van der Waals surface area contributed by atoms with Crippen molar-refractivity contribution in [2.45, 2.75) is 6.54 Å². The lowest BCUT2D eigenvalue weighted by Crippen LogP contribution is -2.36. The summed E-state index contributed by atoms with van der Waals surface area (Å²) in [5.74, 6) is 0. The van der Waals surface area contributed by atoms with Crippen LogP contribution in [0, 0.1) is 0 Å². The van der Waals surface area contributed by atoms with E-state index in [-0.39, 0.29) is 0 Å². The summed E-state index contributed by atoms with van der Waals surface area (Å²) in [6.45, 7) is 1.51. The van der Waals surface area contributed by atoms with Crippen LogP contribution in [0.3, 0.4) is 0 Å². The molecule has 2 N–H and O–H groups in total. The summed E-state index contributed by atoms with van der Waals surface area (Å²) in [5, 5.41) is 0. The van der Waals surface area contributed by atoms with Crippen molar-refractivity contribution in [3.05, 3.63) is 90.3 Å². The van der Waals surface area contributed by atoms with E-state index in [0.717, 1.165) is 6.54 Å². The first kappa shape index (κ1) is 15.2. The molecule has 3 aromatic rings. The van der Waals surface area contributed by atoms with Gasteiger partial charge in [-0.15, -0.1) is 0 Å². The number of hydrogen-bond acceptors (Lipinski definition) is 1. The van der Waals surface area contributed by atoms with Crippen LogP contribution in [0.2, 0.25) is 0 Å². The summed E-state index contributed by atoms with van der Waals surface area (Å²) in [6, 6.07) is 23.3. The molecular formula is C21H21N2+. The smallest absolute Gasteiger partial charge is 0.169 e. The third-order valence-electron chi connectivity index (χ3n) is 3.79. The Labute approximate surface area is 137 Å². The zero-order chi connectivity index (χ0) is 15.9. The van der Waals surface area contributed by atoms with Crippen LogP contribution >= 0.6 is 0 Å². The van der Waals surface area contributed by atoms with Gasteiger partial charge < -0.3 is 5.73 Å². The largest absolute Gasteiger partial charge is 0.325 e. The number of rotatable bonds is 5. The van der Waals surface area contributed by atoms with E-state index in [0.29, 0.717) is 6.54 Å². The van der Waals surface area contributed by atoms with E-state index < -0.39 is 0 Å². The first-order valence-electron chi connectivity index (χ1n) is 7.88. The monoisotopic (exact) mass is 301 g/mol. The van der Waals surface area contributed by atoms with Crippen molar-refractivity contribution in [1.29, 1.82) is 0 Å². The van der Waals surface area contributed by atoms with Gasteiger partial charge in [0, 0.05) is 12.1 Å². The van der Waals surface area contributed by atoms with Crippen LogP contribution in [0.5, 0.6) is 0 Å². The summed E-state index contributed by atoms with van der Waals surface area (Å²) in [4.78, 5) is 0. The van der Waals surface area contributed by atoms with Crippen LogP contribution < -0.4 is 10.3 Å². The molecule has 3 rings (SSSR count). The quantitative estimate of drug-likeness (QED) is 0.714. The molecule has 2 heteroatoms. The molecule has 1 heterocycles. The Balaban J connectivity index is 1.70. The zero-order valence-electron chi connectivity index (χ0n) is 13.1. The average molecular weight is 301 g/mol. The Bertz CT molecular complexity index is 757.